The quantitative estimate of drug-likeness (QED) is 0.585. The molecule has 0 amide bonds. The molecule has 1 rings (SSSR count). The van der Waals surface area contributed by atoms with Gasteiger partial charge in [0.2, 0.25) is 0 Å². The predicted molar refractivity (Wildman–Crippen MR) is 61.8 cm³/mol. The first-order valence-corrected chi connectivity index (χ1v) is 6.01. The number of hydrogen-bond acceptors (Lipinski definition) is 3. The van der Waals surface area contributed by atoms with Crippen LogP contribution < -0.4 is 5.32 Å². The van der Waals surface area contributed by atoms with Gasteiger partial charge in [-0.15, -0.1) is 0 Å². The summed E-state index contributed by atoms with van der Waals surface area (Å²) in [4.78, 5) is 0. The Morgan fingerprint density at radius 1 is 1.27 bits per heavy atom. The fourth-order valence-electron chi connectivity index (χ4n) is 2.26. The van der Waals surface area contributed by atoms with Crippen molar-refractivity contribution in [3.05, 3.63) is 0 Å². The molecule has 1 saturated carbocycles. The third-order valence-electron chi connectivity index (χ3n) is 3.41. The van der Waals surface area contributed by atoms with Gasteiger partial charge < -0.3 is 15.5 Å². The van der Waals surface area contributed by atoms with Crippen LogP contribution in [0.15, 0.2) is 0 Å². The average Bonchev–Trinajstić information content (AvgIpc) is 2.60. The molecule has 0 heterocycles. The molecule has 0 atom stereocenters. The summed E-state index contributed by atoms with van der Waals surface area (Å²) in [7, 11) is 0. The van der Waals surface area contributed by atoms with Crippen molar-refractivity contribution in [1.82, 2.24) is 5.32 Å². The second kappa shape index (κ2) is 5.28. The Hall–Kier alpha value is -0.120. The second-order valence-electron chi connectivity index (χ2n) is 5.60. The summed E-state index contributed by atoms with van der Waals surface area (Å²) in [5.74, 6) is 0. The number of rotatable bonds is 6. The van der Waals surface area contributed by atoms with Crippen LogP contribution >= 0.6 is 0 Å². The van der Waals surface area contributed by atoms with Crippen molar-refractivity contribution in [2.75, 3.05) is 19.7 Å². The molecule has 0 saturated heterocycles. The molecule has 3 heteroatoms. The Labute approximate surface area is 92.9 Å². The smallest absolute Gasteiger partial charge is 0.0603 e. The van der Waals surface area contributed by atoms with Gasteiger partial charge in [-0.2, -0.15) is 0 Å². The lowest BCUT2D eigenvalue weighted by atomic mass is 9.87. The van der Waals surface area contributed by atoms with Crippen molar-refractivity contribution in [3.8, 4) is 0 Å². The largest absolute Gasteiger partial charge is 0.396 e. The van der Waals surface area contributed by atoms with Gasteiger partial charge in [-0.1, -0.05) is 12.8 Å². The highest BCUT2D eigenvalue weighted by atomic mass is 16.3. The number of aliphatic hydroxyl groups excluding tert-OH is 1. The highest BCUT2D eigenvalue weighted by Gasteiger charge is 2.32. The molecule has 0 aliphatic heterocycles. The number of nitrogens with one attached hydrogen (secondary N) is 1. The maximum Gasteiger partial charge on any atom is 0.0603 e. The van der Waals surface area contributed by atoms with E-state index in [4.69, 9.17) is 0 Å². The average molecular weight is 215 g/mol. The van der Waals surface area contributed by atoms with E-state index < -0.39 is 5.60 Å². The van der Waals surface area contributed by atoms with Crippen LogP contribution in [-0.2, 0) is 0 Å². The zero-order valence-corrected chi connectivity index (χ0v) is 10.1. The summed E-state index contributed by atoms with van der Waals surface area (Å²) in [6, 6.07) is 0. The monoisotopic (exact) mass is 215 g/mol. The van der Waals surface area contributed by atoms with E-state index in [1.165, 1.54) is 12.8 Å². The normalized spacial score (nSPS) is 20.8. The molecule has 1 fully saturated rings. The Morgan fingerprint density at radius 3 is 2.33 bits per heavy atom. The van der Waals surface area contributed by atoms with Gasteiger partial charge >= 0.3 is 0 Å². The molecule has 3 N–H and O–H groups in total. The number of hydrogen-bond donors (Lipinski definition) is 3. The molecule has 0 radical (unpaired) electrons. The van der Waals surface area contributed by atoms with E-state index in [2.05, 4.69) is 5.32 Å². The van der Waals surface area contributed by atoms with Gasteiger partial charge in [-0.3, -0.25) is 0 Å². The van der Waals surface area contributed by atoms with E-state index in [1.807, 2.05) is 13.8 Å². The van der Waals surface area contributed by atoms with Crippen LogP contribution in [0.5, 0.6) is 0 Å². The van der Waals surface area contributed by atoms with Crippen LogP contribution in [0.3, 0.4) is 0 Å². The molecule has 0 aromatic heterocycles. The van der Waals surface area contributed by atoms with Crippen LogP contribution in [0.4, 0.5) is 0 Å². The minimum Gasteiger partial charge on any atom is -0.396 e. The molecule has 0 aromatic rings. The Balaban J connectivity index is 2.18. The van der Waals surface area contributed by atoms with Crippen molar-refractivity contribution in [1.29, 1.82) is 0 Å². The van der Waals surface area contributed by atoms with E-state index in [0.717, 1.165) is 32.4 Å². The highest BCUT2D eigenvalue weighted by Crippen LogP contribution is 2.36. The van der Waals surface area contributed by atoms with Gasteiger partial charge in [0.15, 0.2) is 0 Å². The fraction of sp³-hybridized carbons (Fsp3) is 1.00. The van der Waals surface area contributed by atoms with E-state index >= 15 is 0 Å². The molecule has 0 unspecified atom stereocenters. The molecule has 15 heavy (non-hydrogen) atoms. The standard InChI is InChI=1S/C12H25NO2/c1-11(2,15)7-8-13-9-12(10-14)5-3-4-6-12/h13-15H,3-10H2,1-2H3. The maximum absolute atomic E-state index is 9.54. The highest BCUT2D eigenvalue weighted by molar-refractivity contribution is 4.86. The van der Waals surface area contributed by atoms with Gasteiger partial charge in [0.1, 0.15) is 0 Å². The van der Waals surface area contributed by atoms with Gasteiger partial charge in [-0.25, -0.2) is 0 Å². The lowest BCUT2D eigenvalue weighted by Crippen LogP contribution is -2.37. The lowest BCUT2D eigenvalue weighted by Gasteiger charge is -2.27. The molecular formula is C12H25NO2. The zero-order chi connectivity index (χ0) is 11.4. The number of aliphatic hydroxyl groups is 2. The van der Waals surface area contributed by atoms with E-state index in [9.17, 15) is 10.2 Å². The van der Waals surface area contributed by atoms with Crippen LogP contribution in [0, 0.1) is 5.41 Å². The van der Waals surface area contributed by atoms with E-state index in [0.29, 0.717) is 6.61 Å². The third kappa shape index (κ3) is 4.49. The van der Waals surface area contributed by atoms with Crippen molar-refractivity contribution in [2.45, 2.75) is 51.6 Å². The summed E-state index contributed by atoms with van der Waals surface area (Å²) >= 11 is 0. The summed E-state index contributed by atoms with van der Waals surface area (Å²) in [6.07, 6.45) is 5.52. The third-order valence-corrected chi connectivity index (χ3v) is 3.41. The fourth-order valence-corrected chi connectivity index (χ4v) is 2.26. The molecule has 0 aromatic carbocycles. The van der Waals surface area contributed by atoms with Crippen LogP contribution in [0.1, 0.15) is 46.0 Å². The first-order valence-electron chi connectivity index (χ1n) is 6.01. The summed E-state index contributed by atoms with van der Waals surface area (Å²) in [5, 5.41) is 22.3. The van der Waals surface area contributed by atoms with Crippen molar-refractivity contribution in [2.24, 2.45) is 5.41 Å². The Morgan fingerprint density at radius 2 is 1.87 bits per heavy atom. The van der Waals surface area contributed by atoms with Gasteiger partial charge in [0.05, 0.1) is 5.60 Å². The van der Waals surface area contributed by atoms with Gasteiger partial charge in [-0.05, 0) is 39.7 Å². The van der Waals surface area contributed by atoms with E-state index in [1.54, 1.807) is 0 Å². The first-order chi connectivity index (χ1) is 6.97. The molecular weight excluding hydrogens is 190 g/mol. The zero-order valence-electron chi connectivity index (χ0n) is 10.1. The molecule has 90 valence electrons. The first kappa shape index (κ1) is 12.9. The molecule has 0 bridgehead atoms. The van der Waals surface area contributed by atoms with Crippen LogP contribution in [-0.4, -0.2) is 35.5 Å². The maximum atomic E-state index is 9.54. The Bertz CT molecular complexity index is 181. The molecule has 1 aliphatic carbocycles. The van der Waals surface area contributed by atoms with Crippen LogP contribution in [0.2, 0.25) is 0 Å². The molecule has 1 aliphatic rings. The summed E-state index contributed by atoms with van der Waals surface area (Å²) in [6.45, 7) is 5.66. The van der Waals surface area contributed by atoms with Crippen molar-refractivity contribution >= 4 is 0 Å². The van der Waals surface area contributed by atoms with Crippen LogP contribution in [0.25, 0.3) is 0 Å². The molecule has 0 spiro atoms. The second-order valence-corrected chi connectivity index (χ2v) is 5.60. The molecule has 3 nitrogen and oxygen atoms in total. The topological polar surface area (TPSA) is 52.5 Å². The summed E-state index contributed by atoms with van der Waals surface area (Å²) in [5.41, 5.74) is -0.464. The minimum atomic E-state index is -0.588. The van der Waals surface area contributed by atoms with Crippen molar-refractivity contribution in [3.63, 3.8) is 0 Å². The minimum absolute atomic E-state index is 0.125. The predicted octanol–water partition coefficient (Wildman–Crippen LogP) is 1.29. The van der Waals surface area contributed by atoms with Gasteiger partial charge in [0, 0.05) is 18.6 Å². The van der Waals surface area contributed by atoms with E-state index in [-0.39, 0.29) is 5.41 Å². The SMILES string of the molecule is CC(C)(O)CCNCC1(CO)CCCC1. The van der Waals surface area contributed by atoms with Crippen molar-refractivity contribution < 1.29 is 10.2 Å². The van der Waals surface area contributed by atoms with Gasteiger partial charge in [0.25, 0.3) is 0 Å². The Kier molecular flexibility index (Phi) is 4.56. The summed E-state index contributed by atoms with van der Waals surface area (Å²) < 4.78 is 0. The lowest BCUT2D eigenvalue weighted by molar-refractivity contribution is 0.0683.